The van der Waals surface area contributed by atoms with E-state index in [1.807, 2.05) is 19.1 Å². The summed E-state index contributed by atoms with van der Waals surface area (Å²) in [6.07, 6.45) is 1.30. The number of hydrogen-bond donors (Lipinski definition) is 1. The molecule has 1 aliphatic rings. The molecule has 0 atom stereocenters. The average molecular weight is 492 g/mol. The molecule has 4 rings (SSSR count). The van der Waals surface area contributed by atoms with Gasteiger partial charge in [0.1, 0.15) is 12.4 Å². The Bertz CT molecular complexity index is 1330. The zero-order chi connectivity index (χ0) is 23.0. The number of carbonyl (C=O) groups is 1. The van der Waals surface area contributed by atoms with Gasteiger partial charge in [0, 0.05) is 11.2 Å². The molecule has 1 amide bonds. The molecule has 3 aromatic rings. The summed E-state index contributed by atoms with van der Waals surface area (Å²) in [5.74, 6) is 0.102. The van der Waals surface area contributed by atoms with Gasteiger partial charge in [-0.3, -0.25) is 9.52 Å². The lowest BCUT2D eigenvalue weighted by molar-refractivity contribution is 0.0973. The highest BCUT2D eigenvalue weighted by atomic mass is 35.5. The minimum atomic E-state index is -4.03. The van der Waals surface area contributed by atoms with E-state index in [2.05, 4.69) is 9.71 Å². The van der Waals surface area contributed by atoms with Gasteiger partial charge in [0.25, 0.3) is 15.9 Å². The summed E-state index contributed by atoms with van der Waals surface area (Å²) in [7, 11) is -4.03. The lowest BCUT2D eigenvalue weighted by Gasteiger charge is -2.30. The number of pyridine rings is 1. The smallest absolute Gasteiger partial charge is 0.279 e. The van der Waals surface area contributed by atoms with Gasteiger partial charge in [-0.1, -0.05) is 29.3 Å². The molecule has 0 saturated heterocycles. The van der Waals surface area contributed by atoms with E-state index in [1.54, 1.807) is 13.0 Å². The third kappa shape index (κ3) is 4.39. The van der Waals surface area contributed by atoms with Crippen LogP contribution < -0.4 is 14.4 Å². The average Bonchev–Trinajstić information content (AvgIpc) is 2.74. The van der Waals surface area contributed by atoms with Gasteiger partial charge in [-0.25, -0.2) is 13.4 Å². The Hall–Kier alpha value is -2.81. The van der Waals surface area contributed by atoms with Crippen LogP contribution in [0.15, 0.2) is 53.6 Å². The fraction of sp³-hybridized carbons (Fsp3) is 0.182. The normalized spacial score (nSPS) is 13.3. The predicted octanol–water partition coefficient (Wildman–Crippen LogP) is 4.85. The maximum absolute atomic E-state index is 13.4. The molecule has 2 heterocycles. The molecular formula is C22H19Cl2N3O4S. The summed E-state index contributed by atoms with van der Waals surface area (Å²) in [6, 6.07) is 11.2. The number of carbonyl (C=O) groups excluding carboxylic acids is 1. The first kappa shape index (κ1) is 22.4. The molecule has 7 nitrogen and oxygen atoms in total. The third-order valence-electron chi connectivity index (χ3n) is 4.96. The van der Waals surface area contributed by atoms with E-state index in [-0.39, 0.29) is 21.3 Å². The van der Waals surface area contributed by atoms with Crippen LogP contribution in [0.4, 0.5) is 11.4 Å². The van der Waals surface area contributed by atoms with E-state index in [9.17, 15) is 13.2 Å². The van der Waals surface area contributed by atoms with Crippen molar-refractivity contribution in [2.75, 3.05) is 22.8 Å². The van der Waals surface area contributed by atoms with Crippen molar-refractivity contribution in [2.45, 2.75) is 18.7 Å². The summed E-state index contributed by atoms with van der Waals surface area (Å²) in [4.78, 5) is 19.1. The number of aromatic nitrogens is 1. The van der Waals surface area contributed by atoms with Gasteiger partial charge in [-0.15, -0.1) is 0 Å². The van der Waals surface area contributed by atoms with E-state index in [0.717, 1.165) is 5.56 Å². The van der Waals surface area contributed by atoms with Gasteiger partial charge in [-0.2, -0.15) is 0 Å². The first-order valence-corrected chi connectivity index (χ1v) is 11.9. The Morgan fingerprint density at radius 3 is 2.66 bits per heavy atom. The Morgan fingerprint density at radius 1 is 1.12 bits per heavy atom. The van der Waals surface area contributed by atoms with Crippen LogP contribution in [0.1, 0.15) is 21.6 Å². The molecule has 1 aromatic heterocycles. The molecule has 1 aliphatic heterocycles. The van der Waals surface area contributed by atoms with Gasteiger partial charge in [0.05, 0.1) is 27.8 Å². The summed E-state index contributed by atoms with van der Waals surface area (Å²) < 4.78 is 34.1. The number of hydrogen-bond acceptors (Lipinski definition) is 5. The van der Waals surface area contributed by atoms with Crippen molar-refractivity contribution in [1.82, 2.24) is 4.98 Å². The molecule has 0 unspecified atom stereocenters. The zero-order valence-corrected chi connectivity index (χ0v) is 19.6. The summed E-state index contributed by atoms with van der Waals surface area (Å²) in [5, 5.41) is 0.635. The number of aryl methyl sites for hydroxylation is 2. The van der Waals surface area contributed by atoms with Gasteiger partial charge < -0.3 is 9.64 Å². The second-order valence-corrected chi connectivity index (χ2v) is 9.87. The Morgan fingerprint density at radius 2 is 1.91 bits per heavy atom. The van der Waals surface area contributed by atoms with E-state index in [4.69, 9.17) is 27.9 Å². The van der Waals surface area contributed by atoms with Crippen molar-refractivity contribution in [3.05, 3.63) is 75.5 Å². The molecule has 0 aliphatic carbocycles. The van der Waals surface area contributed by atoms with Crippen LogP contribution in [-0.4, -0.2) is 32.5 Å². The van der Waals surface area contributed by atoms with Crippen molar-refractivity contribution in [1.29, 1.82) is 0 Å². The van der Waals surface area contributed by atoms with Gasteiger partial charge in [-0.05, 0) is 61.4 Å². The molecular weight excluding hydrogens is 473 g/mol. The Kier molecular flexibility index (Phi) is 6.03. The number of anilines is 2. The number of amides is 1. The number of sulfonamides is 1. The van der Waals surface area contributed by atoms with Crippen LogP contribution in [-0.2, 0) is 10.0 Å². The van der Waals surface area contributed by atoms with Crippen LogP contribution in [0.3, 0.4) is 0 Å². The molecule has 0 saturated carbocycles. The highest BCUT2D eigenvalue weighted by Crippen LogP contribution is 2.34. The van der Waals surface area contributed by atoms with Crippen molar-refractivity contribution >= 4 is 50.5 Å². The van der Waals surface area contributed by atoms with E-state index in [1.165, 1.54) is 35.4 Å². The fourth-order valence-electron chi connectivity index (χ4n) is 3.34. The van der Waals surface area contributed by atoms with E-state index >= 15 is 0 Å². The highest BCUT2D eigenvalue weighted by Gasteiger charge is 2.29. The second-order valence-electron chi connectivity index (χ2n) is 7.34. The lowest BCUT2D eigenvalue weighted by Crippen LogP contribution is -2.39. The number of rotatable bonds is 4. The second kappa shape index (κ2) is 8.61. The highest BCUT2D eigenvalue weighted by molar-refractivity contribution is 7.92. The molecule has 166 valence electrons. The summed E-state index contributed by atoms with van der Waals surface area (Å²) in [6.45, 7) is 4.21. The van der Waals surface area contributed by atoms with E-state index in [0.29, 0.717) is 35.2 Å². The Labute approximate surface area is 196 Å². The molecule has 0 bridgehead atoms. The van der Waals surface area contributed by atoms with Crippen LogP contribution >= 0.6 is 23.2 Å². The van der Waals surface area contributed by atoms with E-state index < -0.39 is 15.9 Å². The topological polar surface area (TPSA) is 88.6 Å². The van der Waals surface area contributed by atoms with Crippen LogP contribution in [0.25, 0.3) is 0 Å². The largest absolute Gasteiger partial charge is 0.490 e. The summed E-state index contributed by atoms with van der Waals surface area (Å²) >= 11 is 12.1. The Balaban J connectivity index is 1.73. The monoisotopic (exact) mass is 491 g/mol. The fourth-order valence-corrected chi connectivity index (χ4v) is 4.76. The molecule has 0 spiro atoms. The van der Waals surface area contributed by atoms with Crippen molar-refractivity contribution < 1.29 is 17.9 Å². The third-order valence-corrected chi connectivity index (χ3v) is 6.96. The number of benzene rings is 2. The van der Waals surface area contributed by atoms with Crippen molar-refractivity contribution in [3.8, 4) is 5.75 Å². The van der Waals surface area contributed by atoms with Crippen molar-refractivity contribution in [3.63, 3.8) is 0 Å². The molecule has 2 aromatic carbocycles. The van der Waals surface area contributed by atoms with Crippen LogP contribution in [0.5, 0.6) is 5.75 Å². The summed E-state index contributed by atoms with van der Waals surface area (Å²) in [5.41, 5.74) is 2.07. The maximum Gasteiger partial charge on any atom is 0.279 e. The SMILES string of the molecule is Cc1ccc2c(c1)N(C(=O)c1ncc(Cl)cc1NS(=O)(=O)c1ccc(Cl)c(C)c1)CCO2. The van der Waals surface area contributed by atoms with Crippen molar-refractivity contribution in [2.24, 2.45) is 0 Å². The minimum Gasteiger partial charge on any atom is -0.490 e. The number of fused-ring (bicyclic) bond motifs is 1. The molecule has 1 N–H and O–H groups in total. The number of ether oxygens (including phenoxy) is 1. The first-order valence-electron chi connectivity index (χ1n) is 9.65. The standard InChI is InChI=1S/C22H19Cl2N3O4S/c1-13-3-6-20-19(9-13)27(7-8-31-20)22(28)21-18(11-15(23)12-25-21)26-32(29,30)16-4-5-17(24)14(2)10-16/h3-6,9-12,26H,7-8H2,1-2H3. The molecule has 0 fully saturated rings. The lowest BCUT2D eigenvalue weighted by atomic mass is 10.1. The van der Waals surface area contributed by atoms with Crippen LogP contribution in [0, 0.1) is 13.8 Å². The number of nitrogens with zero attached hydrogens (tertiary/aromatic N) is 2. The number of nitrogens with one attached hydrogen (secondary N) is 1. The van der Waals surface area contributed by atoms with Gasteiger partial charge >= 0.3 is 0 Å². The zero-order valence-electron chi connectivity index (χ0n) is 17.2. The molecule has 0 radical (unpaired) electrons. The quantitative estimate of drug-likeness (QED) is 0.563. The first-order chi connectivity index (χ1) is 15.2. The number of halogens is 2. The minimum absolute atomic E-state index is 0.00474. The van der Waals surface area contributed by atoms with Crippen LogP contribution in [0.2, 0.25) is 10.0 Å². The molecule has 32 heavy (non-hydrogen) atoms. The predicted molar refractivity (Wildman–Crippen MR) is 125 cm³/mol. The molecule has 10 heteroatoms. The van der Waals surface area contributed by atoms with Gasteiger partial charge in [0.15, 0.2) is 5.69 Å². The maximum atomic E-state index is 13.4. The van der Waals surface area contributed by atoms with Gasteiger partial charge in [0.2, 0.25) is 0 Å².